The molecule has 4 rings (SSSR count). The van der Waals surface area contributed by atoms with Gasteiger partial charge in [-0.05, 0) is 49.9 Å². The van der Waals surface area contributed by atoms with Gasteiger partial charge in [-0.2, -0.15) is 5.10 Å². The van der Waals surface area contributed by atoms with E-state index in [2.05, 4.69) is 33.3 Å². The van der Waals surface area contributed by atoms with E-state index >= 15 is 0 Å². The standard InChI is InChI=1S/C18H24N4O/c1-23-16-6-2-4-13(10-16)11-22-9-3-5-15(12-22)18-19-17(20-21-18)14-7-8-14/h2,4,6,10,14-15H,3,5,7-9,11-12H2,1H3,(H,19,20,21). The van der Waals surface area contributed by atoms with Crippen molar-refractivity contribution in [1.82, 2.24) is 20.1 Å². The number of nitrogens with zero attached hydrogens (tertiary/aromatic N) is 3. The molecule has 1 aliphatic heterocycles. The minimum Gasteiger partial charge on any atom is -0.497 e. The lowest BCUT2D eigenvalue weighted by atomic mass is 9.97. The van der Waals surface area contributed by atoms with Crippen molar-refractivity contribution in [2.45, 2.75) is 44.1 Å². The summed E-state index contributed by atoms with van der Waals surface area (Å²) in [5.41, 5.74) is 1.30. The van der Waals surface area contributed by atoms with E-state index in [1.807, 2.05) is 6.07 Å². The minimum atomic E-state index is 0.457. The highest BCUT2D eigenvalue weighted by Crippen LogP contribution is 2.38. The molecule has 5 heteroatoms. The lowest BCUT2D eigenvalue weighted by Gasteiger charge is -2.31. The lowest BCUT2D eigenvalue weighted by Crippen LogP contribution is -2.34. The second kappa shape index (κ2) is 6.32. The Morgan fingerprint density at radius 2 is 2.17 bits per heavy atom. The molecule has 2 heterocycles. The summed E-state index contributed by atoms with van der Waals surface area (Å²) in [6, 6.07) is 8.36. The van der Waals surface area contributed by atoms with Crippen LogP contribution in [0.3, 0.4) is 0 Å². The van der Waals surface area contributed by atoms with Gasteiger partial charge in [0.1, 0.15) is 11.6 Å². The molecule has 2 fully saturated rings. The van der Waals surface area contributed by atoms with E-state index in [9.17, 15) is 0 Å². The van der Waals surface area contributed by atoms with Crippen LogP contribution in [0, 0.1) is 0 Å². The summed E-state index contributed by atoms with van der Waals surface area (Å²) in [6.07, 6.45) is 4.93. The van der Waals surface area contributed by atoms with E-state index < -0.39 is 0 Å². The first-order valence-corrected chi connectivity index (χ1v) is 8.59. The second-order valence-corrected chi connectivity index (χ2v) is 6.78. The third kappa shape index (κ3) is 3.39. The Kier molecular flexibility index (Phi) is 4.04. The first-order valence-electron chi connectivity index (χ1n) is 8.59. The summed E-state index contributed by atoms with van der Waals surface area (Å²) in [5.74, 6) is 4.15. The van der Waals surface area contributed by atoms with Crippen LogP contribution in [-0.4, -0.2) is 40.3 Å². The summed E-state index contributed by atoms with van der Waals surface area (Å²) >= 11 is 0. The molecule has 122 valence electrons. The molecular weight excluding hydrogens is 288 g/mol. The van der Waals surface area contributed by atoms with Gasteiger partial charge in [0.15, 0.2) is 5.82 Å². The third-order valence-corrected chi connectivity index (χ3v) is 4.90. The molecule has 1 atom stereocenters. The highest BCUT2D eigenvalue weighted by molar-refractivity contribution is 5.28. The Bertz CT molecular complexity index is 665. The largest absolute Gasteiger partial charge is 0.497 e. The van der Waals surface area contributed by atoms with Gasteiger partial charge in [0, 0.05) is 24.9 Å². The Balaban J connectivity index is 1.41. The van der Waals surface area contributed by atoms with E-state index in [0.717, 1.165) is 37.0 Å². The first-order chi connectivity index (χ1) is 11.3. The fraction of sp³-hybridized carbons (Fsp3) is 0.556. The number of piperidine rings is 1. The number of nitrogens with one attached hydrogen (secondary N) is 1. The SMILES string of the molecule is COc1cccc(CN2CCCC(c3n[nH]c(C4CC4)n3)C2)c1. The van der Waals surface area contributed by atoms with E-state index in [0.29, 0.717) is 11.8 Å². The number of methoxy groups -OCH3 is 1. The average Bonchev–Trinajstić information content (AvgIpc) is 3.32. The van der Waals surface area contributed by atoms with Crippen LogP contribution in [0.1, 0.15) is 54.7 Å². The van der Waals surface area contributed by atoms with Crippen LogP contribution >= 0.6 is 0 Å². The van der Waals surface area contributed by atoms with Crippen molar-refractivity contribution < 1.29 is 4.74 Å². The first kappa shape index (κ1) is 14.7. The number of H-pyrrole nitrogens is 1. The summed E-state index contributed by atoms with van der Waals surface area (Å²) in [5, 5.41) is 7.64. The second-order valence-electron chi connectivity index (χ2n) is 6.78. The molecule has 1 saturated heterocycles. The zero-order valence-electron chi connectivity index (χ0n) is 13.7. The number of benzene rings is 1. The molecule has 5 nitrogen and oxygen atoms in total. The van der Waals surface area contributed by atoms with Crippen molar-refractivity contribution in [3.63, 3.8) is 0 Å². The third-order valence-electron chi connectivity index (χ3n) is 4.90. The van der Waals surface area contributed by atoms with Crippen molar-refractivity contribution in [1.29, 1.82) is 0 Å². The molecule has 2 aliphatic rings. The fourth-order valence-electron chi connectivity index (χ4n) is 3.45. The molecule has 1 saturated carbocycles. The smallest absolute Gasteiger partial charge is 0.155 e. The molecule has 0 amide bonds. The number of aromatic nitrogens is 3. The van der Waals surface area contributed by atoms with E-state index in [1.165, 1.54) is 31.2 Å². The topological polar surface area (TPSA) is 54.0 Å². The van der Waals surface area contributed by atoms with Gasteiger partial charge >= 0.3 is 0 Å². The molecule has 23 heavy (non-hydrogen) atoms. The van der Waals surface area contributed by atoms with E-state index in [1.54, 1.807) is 7.11 Å². The molecule has 1 aromatic carbocycles. The Hall–Kier alpha value is -1.88. The Labute approximate surface area is 137 Å². The molecule has 1 aliphatic carbocycles. The Morgan fingerprint density at radius 1 is 1.26 bits per heavy atom. The molecule has 1 N–H and O–H groups in total. The summed E-state index contributed by atoms with van der Waals surface area (Å²) in [4.78, 5) is 7.26. The van der Waals surface area contributed by atoms with Gasteiger partial charge in [0.25, 0.3) is 0 Å². The molecule has 0 radical (unpaired) electrons. The summed E-state index contributed by atoms with van der Waals surface area (Å²) < 4.78 is 5.32. The van der Waals surface area contributed by atoms with Crippen molar-refractivity contribution in [2.24, 2.45) is 0 Å². The quantitative estimate of drug-likeness (QED) is 0.922. The molecule has 1 unspecified atom stereocenters. The van der Waals surface area contributed by atoms with Crippen molar-refractivity contribution in [3.05, 3.63) is 41.5 Å². The number of likely N-dealkylation sites (tertiary alicyclic amines) is 1. The van der Waals surface area contributed by atoms with Crippen LogP contribution in [-0.2, 0) is 6.54 Å². The molecule has 1 aromatic heterocycles. The predicted octanol–water partition coefficient (Wildman–Crippen LogP) is 3.07. The Morgan fingerprint density at radius 3 is 3.00 bits per heavy atom. The van der Waals surface area contributed by atoms with Crippen molar-refractivity contribution in [3.8, 4) is 5.75 Å². The van der Waals surface area contributed by atoms with Gasteiger partial charge in [-0.1, -0.05) is 12.1 Å². The number of aromatic amines is 1. The molecular formula is C18H24N4O. The van der Waals surface area contributed by atoms with Crippen LogP contribution in [0.5, 0.6) is 5.75 Å². The van der Waals surface area contributed by atoms with Gasteiger partial charge < -0.3 is 4.74 Å². The summed E-state index contributed by atoms with van der Waals surface area (Å²) in [6.45, 7) is 3.15. The maximum atomic E-state index is 5.32. The van der Waals surface area contributed by atoms with Crippen LogP contribution in [0.4, 0.5) is 0 Å². The zero-order valence-corrected chi connectivity index (χ0v) is 13.7. The van der Waals surface area contributed by atoms with Crippen LogP contribution < -0.4 is 4.74 Å². The highest BCUT2D eigenvalue weighted by Gasteiger charge is 2.30. The van der Waals surface area contributed by atoms with Gasteiger partial charge in [0.2, 0.25) is 0 Å². The maximum Gasteiger partial charge on any atom is 0.155 e. The lowest BCUT2D eigenvalue weighted by molar-refractivity contribution is 0.196. The number of hydrogen-bond donors (Lipinski definition) is 1. The number of hydrogen-bond acceptors (Lipinski definition) is 4. The molecule has 0 bridgehead atoms. The van der Waals surface area contributed by atoms with Crippen LogP contribution in [0.15, 0.2) is 24.3 Å². The van der Waals surface area contributed by atoms with Crippen molar-refractivity contribution in [2.75, 3.05) is 20.2 Å². The van der Waals surface area contributed by atoms with Gasteiger partial charge in [-0.25, -0.2) is 4.98 Å². The normalized spacial score (nSPS) is 22.2. The fourth-order valence-corrected chi connectivity index (χ4v) is 3.45. The minimum absolute atomic E-state index is 0.457. The maximum absolute atomic E-state index is 5.32. The monoisotopic (exact) mass is 312 g/mol. The predicted molar refractivity (Wildman–Crippen MR) is 88.6 cm³/mol. The zero-order chi connectivity index (χ0) is 15.6. The number of ether oxygens (including phenoxy) is 1. The van der Waals surface area contributed by atoms with Gasteiger partial charge in [0.05, 0.1) is 7.11 Å². The summed E-state index contributed by atoms with van der Waals surface area (Å²) in [7, 11) is 1.72. The number of rotatable bonds is 5. The van der Waals surface area contributed by atoms with Crippen LogP contribution in [0.2, 0.25) is 0 Å². The van der Waals surface area contributed by atoms with Crippen LogP contribution in [0.25, 0.3) is 0 Å². The van der Waals surface area contributed by atoms with E-state index in [-0.39, 0.29) is 0 Å². The van der Waals surface area contributed by atoms with Gasteiger partial charge in [-0.3, -0.25) is 10.00 Å². The molecule has 0 spiro atoms. The molecule has 2 aromatic rings. The average molecular weight is 312 g/mol. The van der Waals surface area contributed by atoms with Crippen molar-refractivity contribution >= 4 is 0 Å². The highest BCUT2D eigenvalue weighted by atomic mass is 16.5. The van der Waals surface area contributed by atoms with Gasteiger partial charge in [-0.15, -0.1) is 0 Å². The van der Waals surface area contributed by atoms with E-state index in [4.69, 9.17) is 9.72 Å².